The molecule has 0 radical (unpaired) electrons. The second-order valence-corrected chi connectivity index (χ2v) is 4.00. The number of hydrogen-bond donors (Lipinski definition) is 2. The van der Waals surface area contributed by atoms with E-state index in [0.717, 1.165) is 4.57 Å². The van der Waals surface area contributed by atoms with Gasteiger partial charge >= 0.3 is 12.0 Å². The Labute approximate surface area is 107 Å². The SMILES string of the molecule is O=C(O)Cn1cc(N2CCC(=O)NC2=O)ccc1=O. The molecule has 19 heavy (non-hydrogen) atoms. The second kappa shape index (κ2) is 4.92. The van der Waals surface area contributed by atoms with Crippen molar-refractivity contribution in [2.75, 3.05) is 11.4 Å². The van der Waals surface area contributed by atoms with Gasteiger partial charge in [0.05, 0.1) is 5.69 Å². The maximum Gasteiger partial charge on any atom is 0.328 e. The van der Waals surface area contributed by atoms with Crippen LogP contribution in [-0.2, 0) is 16.1 Å². The zero-order valence-electron chi connectivity index (χ0n) is 9.83. The van der Waals surface area contributed by atoms with Crippen molar-refractivity contribution >= 4 is 23.6 Å². The summed E-state index contributed by atoms with van der Waals surface area (Å²) in [7, 11) is 0. The largest absolute Gasteiger partial charge is 0.480 e. The first kappa shape index (κ1) is 12.8. The Morgan fingerprint density at radius 2 is 2.05 bits per heavy atom. The average Bonchev–Trinajstić information content (AvgIpc) is 2.32. The summed E-state index contributed by atoms with van der Waals surface area (Å²) < 4.78 is 0.987. The van der Waals surface area contributed by atoms with Gasteiger partial charge in [0.15, 0.2) is 0 Å². The number of imide groups is 1. The van der Waals surface area contributed by atoms with E-state index in [2.05, 4.69) is 5.32 Å². The molecule has 8 nitrogen and oxygen atoms in total. The van der Waals surface area contributed by atoms with Crippen LogP contribution in [-0.4, -0.2) is 34.1 Å². The fraction of sp³-hybridized carbons (Fsp3) is 0.273. The highest BCUT2D eigenvalue weighted by Gasteiger charge is 2.24. The number of aromatic nitrogens is 1. The smallest absolute Gasteiger partial charge is 0.328 e. The monoisotopic (exact) mass is 265 g/mol. The number of nitrogens with one attached hydrogen (secondary N) is 1. The van der Waals surface area contributed by atoms with Crippen molar-refractivity contribution in [2.24, 2.45) is 0 Å². The number of nitrogens with zero attached hydrogens (tertiary/aromatic N) is 2. The van der Waals surface area contributed by atoms with E-state index in [4.69, 9.17) is 5.11 Å². The first-order chi connectivity index (χ1) is 8.97. The molecule has 2 N–H and O–H groups in total. The Morgan fingerprint density at radius 3 is 2.68 bits per heavy atom. The number of carboxylic acid groups (broad SMARTS) is 1. The number of aliphatic carboxylic acids is 1. The molecule has 0 spiro atoms. The molecule has 1 aliphatic rings. The molecule has 0 aliphatic carbocycles. The number of amides is 3. The van der Waals surface area contributed by atoms with Crippen LogP contribution in [0.5, 0.6) is 0 Å². The van der Waals surface area contributed by atoms with Crippen LogP contribution in [0.2, 0.25) is 0 Å². The summed E-state index contributed by atoms with van der Waals surface area (Å²) in [6, 6.07) is 2.01. The van der Waals surface area contributed by atoms with Crippen molar-refractivity contribution in [3.8, 4) is 0 Å². The highest BCUT2D eigenvalue weighted by molar-refractivity contribution is 6.05. The molecule has 2 rings (SSSR count). The van der Waals surface area contributed by atoms with E-state index in [9.17, 15) is 19.2 Å². The predicted octanol–water partition coefficient (Wildman–Crippen LogP) is -0.621. The molecule has 100 valence electrons. The standard InChI is InChI=1S/C11H11N3O5/c15-8-3-4-14(11(19)12-8)7-1-2-9(16)13(5-7)6-10(17)18/h1-2,5H,3-4,6H2,(H,17,18)(H,12,15,19). The highest BCUT2D eigenvalue weighted by Crippen LogP contribution is 2.14. The molecular weight excluding hydrogens is 254 g/mol. The molecule has 0 bridgehead atoms. The molecule has 3 amide bonds. The molecule has 0 aromatic carbocycles. The van der Waals surface area contributed by atoms with E-state index in [1.54, 1.807) is 0 Å². The lowest BCUT2D eigenvalue weighted by Crippen LogP contribution is -2.49. The number of carbonyl (C=O) groups excluding carboxylic acids is 2. The van der Waals surface area contributed by atoms with Crippen molar-refractivity contribution < 1.29 is 19.5 Å². The molecule has 1 fully saturated rings. The van der Waals surface area contributed by atoms with Gasteiger partial charge in [0, 0.05) is 25.2 Å². The van der Waals surface area contributed by atoms with Crippen LogP contribution in [0.25, 0.3) is 0 Å². The Balaban J connectivity index is 2.30. The van der Waals surface area contributed by atoms with Crippen molar-refractivity contribution in [1.29, 1.82) is 0 Å². The Hall–Kier alpha value is -2.64. The van der Waals surface area contributed by atoms with E-state index >= 15 is 0 Å². The summed E-state index contributed by atoms with van der Waals surface area (Å²) in [6.07, 6.45) is 1.44. The van der Waals surface area contributed by atoms with E-state index in [1.807, 2.05) is 0 Å². The number of anilines is 1. The van der Waals surface area contributed by atoms with Crippen LogP contribution >= 0.6 is 0 Å². The molecule has 1 saturated heterocycles. The lowest BCUT2D eigenvalue weighted by molar-refractivity contribution is -0.137. The second-order valence-electron chi connectivity index (χ2n) is 4.00. The van der Waals surface area contributed by atoms with Crippen LogP contribution < -0.4 is 15.8 Å². The number of carbonyl (C=O) groups is 3. The van der Waals surface area contributed by atoms with Crippen molar-refractivity contribution in [1.82, 2.24) is 9.88 Å². The van der Waals surface area contributed by atoms with E-state index in [0.29, 0.717) is 5.69 Å². The lowest BCUT2D eigenvalue weighted by Gasteiger charge is -2.26. The van der Waals surface area contributed by atoms with Crippen molar-refractivity contribution in [3.05, 3.63) is 28.7 Å². The van der Waals surface area contributed by atoms with Crippen LogP contribution in [0.1, 0.15) is 6.42 Å². The third-order valence-electron chi connectivity index (χ3n) is 2.64. The zero-order valence-corrected chi connectivity index (χ0v) is 9.83. The molecule has 1 aliphatic heterocycles. The minimum atomic E-state index is -1.16. The van der Waals surface area contributed by atoms with Gasteiger partial charge in [0.1, 0.15) is 6.54 Å². The zero-order chi connectivity index (χ0) is 14.0. The van der Waals surface area contributed by atoms with Gasteiger partial charge in [-0.2, -0.15) is 0 Å². The minimum Gasteiger partial charge on any atom is -0.480 e. The van der Waals surface area contributed by atoms with Crippen LogP contribution in [0.3, 0.4) is 0 Å². The predicted molar refractivity (Wildman–Crippen MR) is 63.8 cm³/mol. The van der Waals surface area contributed by atoms with Gasteiger partial charge in [-0.05, 0) is 6.07 Å². The van der Waals surface area contributed by atoms with Gasteiger partial charge in [-0.25, -0.2) is 4.79 Å². The van der Waals surface area contributed by atoms with Gasteiger partial charge < -0.3 is 9.67 Å². The maximum atomic E-state index is 11.6. The van der Waals surface area contributed by atoms with Crippen LogP contribution in [0.15, 0.2) is 23.1 Å². The number of pyridine rings is 1. The molecular formula is C11H11N3O5. The number of carboxylic acids is 1. The van der Waals surface area contributed by atoms with Gasteiger partial charge in [-0.15, -0.1) is 0 Å². The molecule has 1 aromatic heterocycles. The Morgan fingerprint density at radius 1 is 1.32 bits per heavy atom. The van der Waals surface area contributed by atoms with Gasteiger partial charge in [0.2, 0.25) is 5.91 Å². The molecule has 1 aromatic rings. The maximum absolute atomic E-state index is 11.6. The van der Waals surface area contributed by atoms with E-state index < -0.39 is 24.1 Å². The number of hydrogen-bond acceptors (Lipinski definition) is 4. The topological polar surface area (TPSA) is 109 Å². The first-order valence-electron chi connectivity index (χ1n) is 5.51. The molecule has 0 unspecified atom stereocenters. The summed E-state index contributed by atoms with van der Waals surface area (Å²) in [4.78, 5) is 46.0. The van der Waals surface area contributed by atoms with Gasteiger partial charge in [-0.1, -0.05) is 0 Å². The summed E-state index contributed by atoms with van der Waals surface area (Å²) in [5, 5.41) is 10.8. The quantitative estimate of drug-likeness (QED) is 0.757. The molecule has 8 heteroatoms. The average molecular weight is 265 g/mol. The van der Waals surface area contributed by atoms with Gasteiger partial charge in [-0.3, -0.25) is 24.6 Å². The summed E-state index contributed by atoms with van der Waals surface area (Å²) in [5.41, 5.74) is -0.106. The fourth-order valence-corrected chi connectivity index (χ4v) is 1.76. The normalized spacial score (nSPS) is 15.3. The number of rotatable bonds is 3. The third-order valence-corrected chi connectivity index (χ3v) is 2.64. The van der Waals surface area contributed by atoms with Crippen molar-refractivity contribution in [3.63, 3.8) is 0 Å². The number of urea groups is 1. The Kier molecular flexibility index (Phi) is 3.32. The van der Waals surface area contributed by atoms with E-state index in [1.165, 1.54) is 23.2 Å². The summed E-state index contributed by atoms with van der Waals surface area (Å²) >= 11 is 0. The summed E-state index contributed by atoms with van der Waals surface area (Å²) in [5.74, 6) is -1.52. The van der Waals surface area contributed by atoms with E-state index in [-0.39, 0.29) is 18.9 Å². The van der Waals surface area contributed by atoms with Gasteiger partial charge in [0.25, 0.3) is 5.56 Å². The first-order valence-corrected chi connectivity index (χ1v) is 5.51. The minimum absolute atomic E-state index is 0.157. The van der Waals surface area contributed by atoms with Crippen LogP contribution in [0.4, 0.5) is 10.5 Å². The van der Waals surface area contributed by atoms with Crippen molar-refractivity contribution in [2.45, 2.75) is 13.0 Å². The molecule has 0 saturated carbocycles. The van der Waals surface area contributed by atoms with Crippen LogP contribution in [0, 0.1) is 0 Å². The molecule has 2 heterocycles. The summed E-state index contributed by atoms with van der Waals surface area (Å²) in [6.45, 7) is -0.295. The fourth-order valence-electron chi connectivity index (χ4n) is 1.76. The lowest BCUT2D eigenvalue weighted by atomic mass is 10.2. The third kappa shape index (κ3) is 2.79. The molecule has 0 atom stereocenters. The highest BCUT2D eigenvalue weighted by atomic mass is 16.4. The Bertz CT molecular complexity index is 607.